The van der Waals surface area contributed by atoms with Crippen molar-refractivity contribution in [3.63, 3.8) is 0 Å². The highest BCUT2D eigenvalue weighted by Crippen LogP contribution is 2.34. The van der Waals surface area contributed by atoms with Crippen molar-refractivity contribution < 1.29 is 4.74 Å². The summed E-state index contributed by atoms with van der Waals surface area (Å²) in [5.41, 5.74) is 5.71. The molecular formula is C11H20N4OS. The number of ether oxygens (including phenoxy) is 1. The van der Waals surface area contributed by atoms with Crippen LogP contribution in [0.15, 0.2) is 0 Å². The van der Waals surface area contributed by atoms with Crippen LogP contribution >= 0.6 is 11.5 Å². The molecule has 1 atom stereocenters. The number of methoxy groups -OCH3 is 1. The summed E-state index contributed by atoms with van der Waals surface area (Å²) in [5, 5.41) is 4.33. The summed E-state index contributed by atoms with van der Waals surface area (Å²) in [7, 11) is 3.81. The first kappa shape index (κ1) is 12.4. The number of nitrogens with two attached hydrogens (primary N) is 1. The topological polar surface area (TPSA) is 63.4 Å². The largest absolute Gasteiger partial charge is 0.490 e. The minimum Gasteiger partial charge on any atom is -0.490 e. The Balaban J connectivity index is 1.92. The number of hydrogen-bond donors (Lipinski definition) is 2. The quantitative estimate of drug-likeness (QED) is 0.857. The van der Waals surface area contributed by atoms with Gasteiger partial charge in [0.2, 0.25) is 0 Å². The smallest absolute Gasteiger partial charge is 0.197 e. The molecule has 0 aromatic carbocycles. The molecule has 1 unspecified atom stereocenters. The minimum absolute atomic E-state index is 0.469. The normalized spacial score (nSPS) is 21.4. The highest BCUT2D eigenvalue weighted by atomic mass is 32.1. The van der Waals surface area contributed by atoms with E-state index < -0.39 is 0 Å². The number of aromatic nitrogens is 1. The van der Waals surface area contributed by atoms with E-state index in [4.69, 9.17) is 10.5 Å². The number of nitrogens with one attached hydrogen (secondary N) is 1. The van der Waals surface area contributed by atoms with Gasteiger partial charge >= 0.3 is 0 Å². The standard InChI is InChI=1S/C11H20N4OS/c1-15-6-4-3-5-8(15)7-13-11-9(16-2)10(12)14-17-11/h8,13H,3-7H2,1-2H3,(H2,12,14). The molecule has 3 N–H and O–H groups in total. The first-order chi connectivity index (χ1) is 8.22. The molecular weight excluding hydrogens is 236 g/mol. The number of hydrogen-bond acceptors (Lipinski definition) is 6. The predicted molar refractivity (Wildman–Crippen MR) is 71.8 cm³/mol. The molecule has 0 radical (unpaired) electrons. The molecule has 1 aliphatic rings. The van der Waals surface area contributed by atoms with Gasteiger partial charge in [0.15, 0.2) is 16.6 Å². The van der Waals surface area contributed by atoms with Crippen molar-refractivity contribution in [2.75, 3.05) is 38.3 Å². The van der Waals surface area contributed by atoms with Crippen LogP contribution in [0.2, 0.25) is 0 Å². The van der Waals surface area contributed by atoms with Gasteiger partial charge in [0.1, 0.15) is 0 Å². The molecule has 0 bridgehead atoms. The maximum atomic E-state index is 5.71. The van der Waals surface area contributed by atoms with Crippen LogP contribution in [0, 0.1) is 0 Å². The van der Waals surface area contributed by atoms with Crippen molar-refractivity contribution >= 4 is 22.4 Å². The lowest BCUT2D eigenvalue weighted by Crippen LogP contribution is -2.40. The van der Waals surface area contributed by atoms with Gasteiger partial charge in [-0.25, -0.2) is 0 Å². The van der Waals surface area contributed by atoms with Crippen molar-refractivity contribution in [2.24, 2.45) is 0 Å². The third-order valence-electron chi connectivity index (χ3n) is 3.30. The van der Waals surface area contributed by atoms with Crippen LogP contribution in [0.1, 0.15) is 19.3 Å². The van der Waals surface area contributed by atoms with Crippen molar-refractivity contribution in [3.05, 3.63) is 0 Å². The second kappa shape index (κ2) is 5.55. The Morgan fingerprint density at radius 2 is 2.41 bits per heavy atom. The van der Waals surface area contributed by atoms with Crippen LogP contribution in [0.4, 0.5) is 10.8 Å². The Morgan fingerprint density at radius 1 is 1.59 bits per heavy atom. The lowest BCUT2D eigenvalue weighted by molar-refractivity contribution is 0.194. The number of likely N-dealkylation sites (tertiary alicyclic amines) is 1. The Morgan fingerprint density at radius 3 is 3.12 bits per heavy atom. The highest BCUT2D eigenvalue weighted by Gasteiger charge is 2.20. The molecule has 0 spiro atoms. The van der Waals surface area contributed by atoms with Gasteiger partial charge in [0.05, 0.1) is 7.11 Å². The molecule has 2 rings (SSSR count). The molecule has 2 heterocycles. The molecule has 6 heteroatoms. The van der Waals surface area contributed by atoms with Gasteiger partial charge in [0, 0.05) is 12.6 Å². The summed E-state index contributed by atoms with van der Waals surface area (Å²) in [6.07, 6.45) is 3.88. The fraction of sp³-hybridized carbons (Fsp3) is 0.727. The molecule has 0 saturated carbocycles. The van der Waals surface area contributed by atoms with E-state index in [2.05, 4.69) is 21.6 Å². The van der Waals surface area contributed by atoms with E-state index in [9.17, 15) is 0 Å². The Kier molecular flexibility index (Phi) is 4.06. The number of likely N-dealkylation sites (N-methyl/N-ethyl adjacent to an activating group) is 1. The van der Waals surface area contributed by atoms with Crippen LogP contribution in [0.5, 0.6) is 5.75 Å². The van der Waals surface area contributed by atoms with Gasteiger partial charge in [-0.15, -0.1) is 0 Å². The van der Waals surface area contributed by atoms with Crippen LogP contribution in [-0.2, 0) is 0 Å². The Labute approximate surface area is 106 Å². The monoisotopic (exact) mass is 256 g/mol. The van der Waals surface area contributed by atoms with E-state index in [-0.39, 0.29) is 0 Å². The lowest BCUT2D eigenvalue weighted by Gasteiger charge is -2.32. The summed E-state index contributed by atoms with van der Waals surface area (Å²) < 4.78 is 9.32. The van der Waals surface area contributed by atoms with Gasteiger partial charge < -0.3 is 20.7 Å². The summed E-state index contributed by atoms with van der Waals surface area (Å²) in [4.78, 5) is 2.41. The molecule has 0 aliphatic carbocycles. The fourth-order valence-corrected chi connectivity index (χ4v) is 2.91. The fourth-order valence-electron chi connectivity index (χ4n) is 2.22. The van der Waals surface area contributed by atoms with E-state index in [0.29, 0.717) is 17.6 Å². The number of piperidine rings is 1. The van der Waals surface area contributed by atoms with Crippen LogP contribution in [-0.4, -0.2) is 42.6 Å². The third kappa shape index (κ3) is 2.81. The van der Waals surface area contributed by atoms with Crippen molar-refractivity contribution in [2.45, 2.75) is 25.3 Å². The van der Waals surface area contributed by atoms with Gasteiger partial charge in [-0.05, 0) is 38.0 Å². The zero-order valence-corrected chi connectivity index (χ0v) is 11.2. The number of nitrogens with zero attached hydrogens (tertiary/aromatic N) is 2. The summed E-state index contributed by atoms with van der Waals surface area (Å²) in [6, 6.07) is 0.594. The van der Waals surface area contributed by atoms with Gasteiger partial charge in [-0.3, -0.25) is 0 Å². The molecule has 1 aliphatic heterocycles. The zero-order valence-electron chi connectivity index (χ0n) is 10.4. The zero-order chi connectivity index (χ0) is 12.3. The molecule has 17 heavy (non-hydrogen) atoms. The Hall–Kier alpha value is -1.01. The predicted octanol–water partition coefficient (Wildman–Crippen LogP) is 1.63. The van der Waals surface area contributed by atoms with E-state index in [1.54, 1.807) is 7.11 Å². The van der Waals surface area contributed by atoms with Crippen molar-refractivity contribution in [1.82, 2.24) is 9.27 Å². The maximum absolute atomic E-state index is 5.71. The first-order valence-corrected chi connectivity index (χ1v) is 6.73. The second-order valence-electron chi connectivity index (χ2n) is 4.44. The number of nitrogen functional groups attached to an aromatic ring is 1. The van der Waals surface area contributed by atoms with Crippen LogP contribution in [0.25, 0.3) is 0 Å². The van der Waals surface area contributed by atoms with Crippen LogP contribution < -0.4 is 15.8 Å². The molecule has 1 saturated heterocycles. The average molecular weight is 256 g/mol. The van der Waals surface area contributed by atoms with E-state index in [1.165, 1.54) is 37.3 Å². The van der Waals surface area contributed by atoms with Gasteiger partial charge in [0.25, 0.3) is 0 Å². The summed E-state index contributed by atoms with van der Waals surface area (Å²) >= 11 is 1.36. The highest BCUT2D eigenvalue weighted by molar-refractivity contribution is 7.11. The molecule has 1 fully saturated rings. The molecule has 1 aromatic heterocycles. The van der Waals surface area contributed by atoms with Gasteiger partial charge in [-0.2, -0.15) is 4.37 Å². The molecule has 0 amide bonds. The van der Waals surface area contributed by atoms with Crippen molar-refractivity contribution in [1.29, 1.82) is 0 Å². The lowest BCUT2D eigenvalue weighted by atomic mass is 10.0. The molecule has 1 aromatic rings. The van der Waals surface area contributed by atoms with E-state index in [0.717, 1.165) is 11.5 Å². The average Bonchev–Trinajstić information content (AvgIpc) is 2.69. The minimum atomic E-state index is 0.469. The SMILES string of the molecule is COc1c(N)nsc1NCC1CCCCN1C. The maximum Gasteiger partial charge on any atom is 0.197 e. The number of rotatable bonds is 4. The third-order valence-corrected chi connectivity index (χ3v) is 4.10. The van der Waals surface area contributed by atoms with Gasteiger partial charge in [-0.1, -0.05) is 6.42 Å². The molecule has 96 valence electrons. The first-order valence-electron chi connectivity index (χ1n) is 5.95. The van der Waals surface area contributed by atoms with E-state index in [1.807, 2.05) is 0 Å². The summed E-state index contributed by atoms with van der Waals surface area (Å²) in [6.45, 7) is 2.11. The number of anilines is 2. The van der Waals surface area contributed by atoms with Crippen molar-refractivity contribution in [3.8, 4) is 5.75 Å². The van der Waals surface area contributed by atoms with Crippen LogP contribution in [0.3, 0.4) is 0 Å². The molecule has 5 nitrogen and oxygen atoms in total. The van der Waals surface area contributed by atoms with E-state index >= 15 is 0 Å². The second-order valence-corrected chi connectivity index (χ2v) is 5.21. The summed E-state index contributed by atoms with van der Waals surface area (Å²) in [5.74, 6) is 1.14. The Bertz CT molecular complexity index is 368.